The first-order valence-electron chi connectivity index (χ1n) is 9.77. The van der Waals surface area contributed by atoms with Crippen LogP contribution < -0.4 is 0 Å². The van der Waals surface area contributed by atoms with Crippen LogP contribution in [-0.2, 0) is 20.8 Å². The lowest BCUT2D eigenvalue weighted by Gasteiger charge is -2.32. The van der Waals surface area contributed by atoms with E-state index in [4.69, 9.17) is 14.2 Å². The highest BCUT2D eigenvalue weighted by molar-refractivity contribution is 5.27. The van der Waals surface area contributed by atoms with Crippen molar-refractivity contribution in [3.63, 3.8) is 0 Å². The van der Waals surface area contributed by atoms with E-state index in [2.05, 4.69) is 42.7 Å². The fourth-order valence-electron chi connectivity index (χ4n) is 3.53. The van der Waals surface area contributed by atoms with Crippen LogP contribution in [0.15, 0.2) is 48.4 Å². The second kappa shape index (κ2) is 9.24. The van der Waals surface area contributed by atoms with Crippen LogP contribution in [0.4, 0.5) is 0 Å². The van der Waals surface area contributed by atoms with Gasteiger partial charge >= 0.3 is 0 Å². The molecule has 4 heteroatoms. The van der Waals surface area contributed by atoms with Crippen molar-refractivity contribution in [2.45, 2.75) is 51.9 Å². The van der Waals surface area contributed by atoms with Crippen molar-refractivity contribution in [1.29, 1.82) is 0 Å². The smallest absolute Gasteiger partial charge is 0.158 e. The van der Waals surface area contributed by atoms with Gasteiger partial charge in [0, 0.05) is 26.2 Å². The molecule has 1 aromatic rings. The maximum absolute atomic E-state index is 5.90. The van der Waals surface area contributed by atoms with Crippen LogP contribution in [0.5, 0.6) is 0 Å². The summed E-state index contributed by atoms with van der Waals surface area (Å²) in [6.45, 7) is 12.7. The van der Waals surface area contributed by atoms with E-state index >= 15 is 0 Å². The van der Waals surface area contributed by atoms with E-state index in [1.807, 2.05) is 13.0 Å². The SMILES string of the molecule is C=C1OC(c2ccc(CN3CCC(OCCC)CC3)cc2)COC1=CC. The van der Waals surface area contributed by atoms with E-state index in [9.17, 15) is 0 Å². The lowest BCUT2D eigenvalue weighted by molar-refractivity contribution is -0.00773. The molecule has 4 nitrogen and oxygen atoms in total. The number of rotatable bonds is 6. The van der Waals surface area contributed by atoms with Gasteiger partial charge in [-0.15, -0.1) is 0 Å². The maximum Gasteiger partial charge on any atom is 0.158 e. The number of nitrogens with zero attached hydrogens (tertiary/aromatic N) is 1. The Bertz CT molecular complexity index is 615. The van der Waals surface area contributed by atoms with Crippen LogP contribution in [0.2, 0.25) is 0 Å². The van der Waals surface area contributed by atoms with Crippen molar-refractivity contribution >= 4 is 0 Å². The first-order chi connectivity index (χ1) is 12.7. The number of likely N-dealkylation sites (tertiary alicyclic amines) is 1. The third-order valence-corrected chi connectivity index (χ3v) is 5.06. The first kappa shape index (κ1) is 19.0. The molecule has 0 aromatic heterocycles. The van der Waals surface area contributed by atoms with E-state index in [0.29, 0.717) is 18.5 Å². The predicted molar refractivity (Wildman–Crippen MR) is 104 cm³/mol. The maximum atomic E-state index is 5.90. The van der Waals surface area contributed by atoms with Crippen LogP contribution in [0.1, 0.15) is 50.3 Å². The molecule has 2 heterocycles. The minimum absolute atomic E-state index is 0.0771. The van der Waals surface area contributed by atoms with Crippen LogP contribution in [-0.4, -0.2) is 37.3 Å². The van der Waals surface area contributed by atoms with Crippen LogP contribution in [0.3, 0.4) is 0 Å². The van der Waals surface area contributed by atoms with Gasteiger partial charge in [-0.25, -0.2) is 0 Å². The van der Waals surface area contributed by atoms with Gasteiger partial charge in [-0.1, -0.05) is 37.8 Å². The third-order valence-electron chi connectivity index (χ3n) is 5.06. The highest BCUT2D eigenvalue weighted by atomic mass is 16.6. The van der Waals surface area contributed by atoms with Crippen molar-refractivity contribution in [1.82, 2.24) is 4.90 Å². The van der Waals surface area contributed by atoms with Gasteiger partial charge in [-0.2, -0.15) is 0 Å². The number of allylic oxidation sites excluding steroid dienone is 1. The molecule has 0 amide bonds. The van der Waals surface area contributed by atoms with Crippen molar-refractivity contribution in [3.05, 3.63) is 59.6 Å². The van der Waals surface area contributed by atoms with E-state index in [1.54, 1.807) is 0 Å². The number of benzene rings is 1. The van der Waals surface area contributed by atoms with E-state index < -0.39 is 0 Å². The minimum Gasteiger partial charge on any atom is -0.486 e. The summed E-state index contributed by atoms with van der Waals surface area (Å²) in [5, 5.41) is 0. The van der Waals surface area contributed by atoms with Crippen LogP contribution in [0, 0.1) is 0 Å². The lowest BCUT2D eigenvalue weighted by Crippen LogP contribution is -2.36. The van der Waals surface area contributed by atoms with E-state index in [0.717, 1.165) is 56.8 Å². The second-order valence-corrected chi connectivity index (χ2v) is 7.08. The predicted octanol–water partition coefficient (Wildman–Crippen LogP) is 4.58. The Morgan fingerprint density at radius 3 is 2.58 bits per heavy atom. The van der Waals surface area contributed by atoms with Gasteiger partial charge in [0.05, 0.1) is 6.10 Å². The molecule has 1 aromatic carbocycles. The minimum atomic E-state index is -0.0771. The Balaban J connectivity index is 1.49. The fraction of sp³-hybridized carbons (Fsp3) is 0.545. The molecule has 0 spiro atoms. The highest BCUT2D eigenvalue weighted by Gasteiger charge is 2.23. The molecule has 0 bridgehead atoms. The molecule has 1 atom stereocenters. The summed E-state index contributed by atoms with van der Waals surface area (Å²) in [5.41, 5.74) is 2.48. The molecule has 1 unspecified atom stereocenters. The van der Waals surface area contributed by atoms with Crippen molar-refractivity contribution in [2.75, 3.05) is 26.3 Å². The van der Waals surface area contributed by atoms with Gasteiger partial charge in [0.1, 0.15) is 6.61 Å². The quantitative estimate of drug-likeness (QED) is 0.745. The zero-order chi connectivity index (χ0) is 18.4. The molecule has 2 aliphatic rings. The lowest BCUT2D eigenvalue weighted by atomic mass is 10.0. The Kier molecular flexibility index (Phi) is 6.75. The molecule has 26 heavy (non-hydrogen) atoms. The van der Waals surface area contributed by atoms with Crippen LogP contribution >= 0.6 is 0 Å². The van der Waals surface area contributed by atoms with Gasteiger partial charge < -0.3 is 14.2 Å². The second-order valence-electron chi connectivity index (χ2n) is 7.08. The summed E-state index contributed by atoms with van der Waals surface area (Å²) >= 11 is 0. The van der Waals surface area contributed by atoms with Crippen molar-refractivity contribution in [2.24, 2.45) is 0 Å². The van der Waals surface area contributed by atoms with Gasteiger partial charge in [-0.3, -0.25) is 4.90 Å². The summed E-state index contributed by atoms with van der Waals surface area (Å²) in [7, 11) is 0. The van der Waals surface area contributed by atoms with Crippen LogP contribution in [0.25, 0.3) is 0 Å². The monoisotopic (exact) mass is 357 g/mol. The molecule has 0 saturated carbocycles. The Hall–Kier alpha value is -1.78. The molecule has 2 fully saturated rings. The number of piperidine rings is 1. The summed E-state index contributed by atoms with van der Waals surface area (Å²) in [4.78, 5) is 2.52. The highest BCUT2D eigenvalue weighted by Crippen LogP contribution is 2.30. The van der Waals surface area contributed by atoms with Crippen molar-refractivity contribution < 1.29 is 14.2 Å². The van der Waals surface area contributed by atoms with Gasteiger partial charge in [0.25, 0.3) is 0 Å². The Morgan fingerprint density at radius 1 is 1.23 bits per heavy atom. The number of ether oxygens (including phenoxy) is 3. The summed E-state index contributed by atoms with van der Waals surface area (Å²) < 4.78 is 17.5. The Morgan fingerprint density at radius 2 is 1.96 bits per heavy atom. The largest absolute Gasteiger partial charge is 0.486 e. The number of hydrogen-bond donors (Lipinski definition) is 0. The molecule has 3 rings (SSSR count). The normalized spacial score (nSPS) is 23.7. The summed E-state index contributed by atoms with van der Waals surface area (Å²) in [5.74, 6) is 1.35. The van der Waals surface area contributed by atoms with E-state index in [-0.39, 0.29) is 6.10 Å². The number of hydrogen-bond acceptors (Lipinski definition) is 4. The van der Waals surface area contributed by atoms with Crippen molar-refractivity contribution in [3.8, 4) is 0 Å². The van der Waals surface area contributed by atoms with Gasteiger partial charge in [0.2, 0.25) is 0 Å². The van der Waals surface area contributed by atoms with E-state index in [1.165, 1.54) is 5.56 Å². The third kappa shape index (κ3) is 4.89. The standard InChI is InChI=1S/C22H31NO3/c1-4-14-24-20-10-12-23(13-11-20)15-18-6-8-19(9-7-18)22-16-25-21(5-2)17(3)26-22/h5-9,20,22H,3-4,10-16H2,1-2H3. The average Bonchev–Trinajstić information content (AvgIpc) is 2.68. The first-order valence-corrected chi connectivity index (χ1v) is 9.77. The zero-order valence-corrected chi connectivity index (χ0v) is 16.1. The summed E-state index contributed by atoms with van der Waals surface area (Å²) in [6.07, 6.45) is 5.64. The molecule has 142 valence electrons. The average molecular weight is 357 g/mol. The topological polar surface area (TPSA) is 30.9 Å². The molecular weight excluding hydrogens is 326 g/mol. The fourth-order valence-corrected chi connectivity index (χ4v) is 3.53. The molecule has 2 saturated heterocycles. The zero-order valence-electron chi connectivity index (χ0n) is 16.1. The van der Waals surface area contributed by atoms with Gasteiger partial charge in [0.15, 0.2) is 17.6 Å². The molecule has 0 aliphatic carbocycles. The summed E-state index contributed by atoms with van der Waals surface area (Å²) in [6, 6.07) is 8.70. The molecule has 0 radical (unpaired) electrons. The molecule has 2 aliphatic heterocycles. The Labute approximate surface area is 157 Å². The molecule has 0 N–H and O–H groups in total. The molecular formula is C22H31NO3. The van der Waals surface area contributed by atoms with Gasteiger partial charge in [-0.05, 0) is 43.4 Å².